The van der Waals surface area contributed by atoms with Gasteiger partial charge in [-0.3, -0.25) is 9.36 Å². The summed E-state index contributed by atoms with van der Waals surface area (Å²) in [5, 5.41) is 13.1. The van der Waals surface area contributed by atoms with E-state index in [1.54, 1.807) is 7.05 Å². The van der Waals surface area contributed by atoms with Crippen LogP contribution < -0.4 is 11.3 Å². The van der Waals surface area contributed by atoms with E-state index in [0.29, 0.717) is 40.3 Å². The van der Waals surface area contributed by atoms with E-state index in [4.69, 9.17) is 15.5 Å². The summed E-state index contributed by atoms with van der Waals surface area (Å²) >= 11 is 0. The van der Waals surface area contributed by atoms with Gasteiger partial charge in [0.15, 0.2) is 17.0 Å². The monoisotopic (exact) mass is 426 g/mol. The first-order chi connectivity index (χ1) is 15.5. The highest BCUT2D eigenvalue weighted by Gasteiger charge is 2.55. The van der Waals surface area contributed by atoms with E-state index >= 15 is 0 Å². The quantitative estimate of drug-likeness (QED) is 0.521. The number of benzene rings is 1. The van der Waals surface area contributed by atoms with Crippen LogP contribution in [0.15, 0.2) is 46.0 Å². The number of hydrogen-bond donors (Lipinski definition) is 1. The summed E-state index contributed by atoms with van der Waals surface area (Å²) in [5.74, 6) is 2.37. The van der Waals surface area contributed by atoms with Crippen LogP contribution in [-0.4, -0.2) is 29.2 Å². The van der Waals surface area contributed by atoms with Crippen LogP contribution in [0.2, 0.25) is 0 Å². The largest absolute Gasteiger partial charge is 0.369 e. The molecule has 2 aliphatic rings. The predicted octanol–water partition coefficient (Wildman–Crippen LogP) is 1.83. The van der Waals surface area contributed by atoms with Crippen molar-refractivity contribution in [3.8, 4) is 6.07 Å². The normalized spacial score (nSPS) is 21.4. The molecule has 1 saturated carbocycles. The SMILES string of the molecule is Cn1c(N)nc2ncn(Cc3nc(C4C5C=C(c6ccc(C#N)cc6)CC54)no3)c(=O)c21. The highest BCUT2D eigenvalue weighted by Crippen LogP contribution is 2.62. The molecule has 0 saturated heterocycles. The maximum absolute atomic E-state index is 12.8. The lowest BCUT2D eigenvalue weighted by molar-refractivity contribution is 0.364. The van der Waals surface area contributed by atoms with Crippen molar-refractivity contribution in [3.05, 3.63) is 69.9 Å². The molecule has 158 valence electrons. The molecule has 3 atom stereocenters. The second kappa shape index (κ2) is 6.62. The molecule has 10 nitrogen and oxygen atoms in total. The lowest BCUT2D eigenvalue weighted by Gasteiger charge is -2.05. The van der Waals surface area contributed by atoms with Crippen LogP contribution in [-0.2, 0) is 13.6 Å². The third kappa shape index (κ3) is 2.75. The average molecular weight is 426 g/mol. The van der Waals surface area contributed by atoms with Crippen LogP contribution in [0, 0.1) is 23.2 Å². The van der Waals surface area contributed by atoms with Gasteiger partial charge in [0, 0.05) is 13.0 Å². The second-order valence-corrected chi connectivity index (χ2v) is 8.28. The minimum absolute atomic E-state index is 0.133. The number of imidazole rings is 1. The van der Waals surface area contributed by atoms with E-state index in [-0.39, 0.29) is 24.0 Å². The van der Waals surface area contributed by atoms with Gasteiger partial charge >= 0.3 is 0 Å². The zero-order chi connectivity index (χ0) is 22.0. The number of hydrogen-bond acceptors (Lipinski definition) is 8. The number of nitriles is 1. The topological polar surface area (TPSA) is 141 Å². The maximum atomic E-state index is 12.8. The standard InChI is InChI=1S/C22H18N8O2/c1-29-18-20(27-22(29)24)25-10-30(21(18)31)9-16-26-19(28-32-16)17-14-6-13(7-15(14)17)12-4-2-11(8-23)3-5-12/h2-6,10,14-15,17H,7,9H2,1H3,(H2,24,27). The van der Waals surface area contributed by atoms with Crippen molar-refractivity contribution in [2.75, 3.05) is 5.73 Å². The summed E-state index contributed by atoms with van der Waals surface area (Å²) in [6.45, 7) is 0.133. The minimum Gasteiger partial charge on any atom is -0.369 e. The first-order valence-electron chi connectivity index (χ1n) is 10.2. The average Bonchev–Trinajstić information content (AvgIpc) is 3.16. The molecule has 3 unspecified atom stereocenters. The van der Waals surface area contributed by atoms with Gasteiger partial charge in [-0.05, 0) is 41.5 Å². The highest BCUT2D eigenvalue weighted by atomic mass is 16.5. The maximum Gasteiger partial charge on any atom is 0.280 e. The van der Waals surface area contributed by atoms with Gasteiger partial charge in [0.05, 0.1) is 11.6 Å². The van der Waals surface area contributed by atoms with Crippen LogP contribution in [0.3, 0.4) is 0 Å². The first kappa shape index (κ1) is 18.5. The van der Waals surface area contributed by atoms with Crippen LogP contribution in [0.25, 0.3) is 16.7 Å². The van der Waals surface area contributed by atoms with Gasteiger partial charge in [0.1, 0.15) is 12.9 Å². The van der Waals surface area contributed by atoms with Gasteiger partial charge < -0.3 is 14.8 Å². The van der Waals surface area contributed by atoms with E-state index in [2.05, 4.69) is 32.3 Å². The summed E-state index contributed by atoms with van der Waals surface area (Å²) in [6.07, 6.45) is 4.65. The Labute approximate surface area is 181 Å². The van der Waals surface area contributed by atoms with Crippen LogP contribution in [0.4, 0.5) is 5.95 Å². The fourth-order valence-corrected chi connectivity index (χ4v) is 4.65. The number of fused-ring (bicyclic) bond motifs is 2. The number of nitrogens with two attached hydrogens (primary N) is 1. The minimum atomic E-state index is -0.264. The lowest BCUT2D eigenvalue weighted by Crippen LogP contribution is -2.22. The predicted molar refractivity (Wildman–Crippen MR) is 114 cm³/mol. The molecule has 1 fully saturated rings. The number of nitrogens with zero attached hydrogens (tertiary/aromatic N) is 7. The summed E-state index contributed by atoms with van der Waals surface area (Å²) in [4.78, 5) is 25.6. The molecule has 2 aliphatic carbocycles. The molecule has 32 heavy (non-hydrogen) atoms. The Bertz CT molecular complexity index is 1500. The Balaban J connectivity index is 1.20. The number of anilines is 1. The smallest absolute Gasteiger partial charge is 0.280 e. The van der Waals surface area contributed by atoms with Crippen LogP contribution >= 0.6 is 0 Å². The molecular formula is C22H18N8O2. The van der Waals surface area contributed by atoms with E-state index in [1.165, 1.54) is 21.0 Å². The number of allylic oxidation sites excluding steroid dienone is 2. The number of aromatic nitrogens is 6. The molecule has 0 spiro atoms. The van der Waals surface area contributed by atoms with Gasteiger partial charge in [0.2, 0.25) is 11.8 Å². The number of rotatable bonds is 4. The zero-order valence-electron chi connectivity index (χ0n) is 17.1. The zero-order valence-corrected chi connectivity index (χ0v) is 17.1. The molecule has 10 heteroatoms. The van der Waals surface area contributed by atoms with Crippen molar-refractivity contribution < 1.29 is 4.52 Å². The van der Waals surface area contributed by atoms with E-state index in [1.807, 2.05) is 24.3 Å². The molecule has 0 radical (unpaired) electrons. The molecule has 1 aromatic carbocycles. The summed E-state index contributed by atoms with van der Waals surface area (Å²) in [5.41, 5.74) is 9.28. The van der Waals surface area contributed by atoms with Crippen molar-refractivity contribution in [1.29, 1.82) is 5.26 Å². The first-order valence-corrected chi connectivity index (χ1v) is 10.2. The molecule has 6 rings (SSSR count). The molecule has 0 aliphatic heterocycles. The van der Waals surface area contributed by atoms with Crippen molar-refractivity contribution in [3.63, 3.8) is 0 Å². The van der Waals surface area contributed by atoms with Gasteiger partial charge in [-0.2, -0.15) is 15.2 Å². The fourth-order valence-electron chi connectivity index (χ4n) is 4.65. The Hall–Kier alpha value is -4.26. The number of aryl methyl sites for hydroxylation is 1. The van der Waals surface area contributed by atoms with Crippen LogP contribution in [0.1, 0.15) is 35.2 Å². The van der Waals surface area contributed by atoms with Gasteiger partial charge in [-0.15, -0.1) is 0 Å². The third-order valence-electron chi connectivity index (χ3n) is 6.45. The van der Waals surface area contributed by atoms with Crippen molar-refractivity contribution in [1.82, 2.24) is 29.2 Å². The van der Waals surface area contributed by atoms with Crippen molar-refractivity contribution >= 4 is 22.7 Å². The van der Waals surface area contributed by atoms with E-state index < -0.39 is 0 Å². The van der Waals surface area contributed by atoms with Gasteiger partial charge in [0.25, 0.3) is 5.56 Å². The van der Waals surface area contributed by atoms with E-state index in [0.717, 1.165) is 12.0 Å². The Kier molecular flexibility index (Phi) is 3.83. The van der Waals surface area contributed by atoms with Gasteiger partial charge in [-0.1, -0.05) is 23.4 Å². The Morgan fingerprint density at radius 1 is 1.28 bits per heavy atom. The summed E-state index contributed by atoms with van der Waals surface area (Å²) in [7, 11) is 1.68. The molecule has 3 heterocycles. The van der Waals surface area contributed by atoms with Crippen molar-refractivity contribution in [2.24, 2.45) is 18.9 Å². The summed E-state index contributed by atoms with van der Waals surface area (Å²) < 4.78 is 8.36. The molecule has 0 amide bonds. The molecular weight excluding hydrogens is 408 g/mol. The van der Waals surface area contributed by atoms with Crippen LogP contribution in [0.5, 0.6) is 0 Å². The second-order valence-electron chi connectivity index (χ2n) is 8.28. The molecule has 4 aromatic rings. The Morgan fingerprint density at radius 3 is 2.81 bits per heavy atom. The highest BCUT2D eigenvalue weighted by molar-refractivity contribution is 5.73. The molecule has 0 bridgehead atoms. The molecule has 3 aromatic heterocycles. The van der Waals surface area contributed by atoms with E-state index in [9.17, 15) is 4.79 Å². The third-order valence-corrected chi connectivity index (χ3v) is 6.45. The lowest BCUT2D eigenvalue weighted by atomic mass is 10.00. The summed E-state index contributed by atoms with van der Waals surface area (Å²) in [6, 6.07) is 9.82. The Morgan fingerprint density at radius 2 is 2.09 bits per heavy atom. The number of nitrogen functional groups attached to an aromatic ring is 1. The van der Waals surface area contributed by atoms with Gasteiger partial charge in [-0.25, -0.2) is 4.98 Å². The molecule has 2 N–H and O–H groups in total. The van der Waals surface area contributed by atoms with Crippen molar-refractivity contribution in [2.45, 2.75) is 18.9 Å². The fraction of sp³-hybridized carbons (Fsp3) is 0.273.